The van der Waals surface area contributed by atoms with Crippen molar-refractivity contribution in [2.75, 3.05) is 20.8 Å². The molecule has 0 saturated heterocycles. The van der Waals surface area contributed by atoms with Gasteiger partial charge in [-0.15, -0.1) is 0 Å². The molecule has 0 aromatic carbocycles. The Morgan fingerprint density at radius 1 is 1.29 bits per heavy atom. The van der Waals surface area contributed by atoms with Crippen molar-refractivity contribution >= 4 is 0 Å². The summed E-state index contributed by atoms with van der Waals surface area (Å²) in [6.45, 7) is 0.827. The molecule has 1 aromatic rings. The quantitative estimate of drug-likeness (QED) is 0.651. The molecule has 0 amide bonds. The number of hydrogen-bond acceptors (Lipinski definition) is 3. The van der Waals surface area contributed by atoms with Gasteiger partial charge in [-0.05, 0) is 30.9 Å². The zero-order valence-corrected chi connectivity index (χ0v) is 8.82. The molecular formula is C11H17NO2. The van der Waals surface area contributed by atoms with Crippen molar-refractivity contribution in [2.45, 2.75) is 19.3 Å². The van der Waals surface area contributed by atoms with E-state index in [4.69, 9.17) is 9.47 Å². The molecule has 1 rings (SSSR count). The van der Waals surface area contributed by atoms with Crippen LogP contribution in [-0.2, 0) is 11.2 Å². The second-order valence-electron chi connectivity index (χ2n) is 3.14. The van der Waals surface area contributed by atoms with Crippen LogP contribution in [0, 0.1) is 0 Å². The van der Waals surface area contributed by atoms with Gasteiger partial charge >= 0.3 is 0 Å². The first-order valence-corrected chi connectivity index (χ1v) is 4.84. The summed E-state index contributed by atoms with van der Waals surface area (Å²) in [6.07, 6.45) is 6.78. The molecule has 0 radical (unpaired) electrons. The number of aromatic nitrogens is 1. The molecule has 1 heterocycles. The average Bonchev–Trinajstić information content (AvgIpc) is 2.25. The molecule has 0 spiro atoms. The minimum atomic E-state index is 0.827. The van der Waals surface area contributed by atoms with Crippen molar-refractivity contribution in [3.63, 3.8) is 0 Å². The first-order valence-electron chi connectivity index (χ1n) is 4.84. The van der Waals surface area contributed by atoms with Crippen LogP contribution in [0.1, 0.15) is 18.4 Å². The molecule has 3 heteroatoms. The Balaban J connectivity index is 2.41. The van der Waals surface area contributed by atoms with Crippen LogP contribution in [0.2, 0.25) is 0 Å². The van der Waals surface area contributed by atoms with E-state index in [0.717, 1.165) is 31.6 Å². The second-order valence-corrected chi connectivity index (χ2v) is 3.14. The molecule has 0 N–H and O–H groups in total. The smallest absolute Gasteiger partial charge is 0.140 e. The van der Waals surface area contributed by atoms with Gasteiger partial charge in [0.2, 0.25) is 0 Å². The van der Waals surface area contributed by atoms with Gasteiger partial charge in [-0.1, -0.05) is 0 Å². The van der Waals surface area contributed by atoms with E-state index >= 15 is 0 Å². The van der Waals surface area contributed by atoms with Gasteiger partial charge in [-0.2, -0.15) is 0 Å². The van der Waals surface area contributed by atoms with E-state index < -0.39 is 0 Å². The van der Waals surface area contributed by atoms with E-state index in [1.165, 1.54) is 5.56 Å². The largest absolute Gasteiger partial charge is 0.495 e. The Bertz CT molecular complexity index is 263. The molecule has 3 nitrogen and oxygen atoms in total. The zero-order chi connectivity index (χ0) is 10.2. The normalized spacial score (nSPS) is 10.1. The number of methoxy groups -OCH3 is 2. The van der Waals surface area contributed by atoms with E-state index in [9.17, 15) is 0 Å². The SMILES string of the molecule is COCCCCc1ccncc1OC. The number of nitrogens with zero attached hydrogens (tertiary/aromatic N) is 1. The fraction of sp³-hybridized carbons (Fsp3) is 0.545. The zero-order valence-electron chi connectivity index (χ0n) is 8.82. The monoisotopic (exact) mass is 195 g/mol. The molecule has 1 aromatic heterocycles. The van der Waals surface area contributed by atoms with Crippen molar-refractivity contribution < 1.29 is 9.47 Å². The maximum absolute atomic E-state index is 5.21. The van der Waals surface area contributed by atoms with Gasteiger partial charge in [0.05, 0.1) is 13.3 Å². The lowest BCUT2D eigenvalue weighted by molar-refractivity contribution is 0.193. The van der Waals surface area contributed by atoms with Gasteiger partial charge in [0.15, 0.2) is 0 Å². The van der Waals surface area contributed by atoms with Gasteiger partial charge in [0.1, 0.15) is 5.75 Å². The van der Waals surface area contributed by atoms with Crippen LogP contribution in [0.3, 0.4) is 0 Å². The summed E-state index contributed by atoms with van der Waals surface area (Å²) in [5.41, 5.74) is 1.22. The molecule has 78 valence electrons. The molecule has 0 aliphatic carbocycles. The average molecular weight is 195 g/mol. The van der Waals surface area contributed by atoms with E-state index in [1.807, 2.05) is 6.07 Å². The summed E-state index contributed by atoms with van der Waals surface area (Å²) in [5, 5.41) is 0. The third-order valence-electron chi connectivity index (χ3n) is 2.13. The van der Waals surface area contributed by atoms with E-state index in [-0.39, 0.29) is 0 Å². The highest BCUT2D eigenvalue weighted by molar-refractivity contribution is 5.29. The summed E-state index contributed by atoms with van der Waals surface area (Å²) in [7, 11) is 3.41. The van der Waals surface area contributed by atoms with Gasteiger partial charge in [0, 0.05) is 19.9 Å². The fourth-order valence-corrected chi connectivity index (χ4v) is 1.36. The van der Waals surface area contributed by atoms with E-state index in [0.29, 0.717) is 0 Å². The van der Waals surface area contributed by atoms with Crippen molar-refractivity contribution in [2.24, 2.45) is 0 Å². The predicted octanol–water partition coefficient (Wildman–Crippen LogP) is 2.06. The lowest BCUT2D eigenvalue weighted by atomic mass is 10.1. The lowest BCUT2D eigenvalue weighted by Gasteiger charge is -2.06. The topological polar surface area (TPSA) is 31.4 Å². The van der Waals surface area contributed by atoms with Gasteiger partial charge in [-0.25, -0.2) is 0 Å². The first-order chi connectivity index (χ1) is 6.88. The Hall–Kier alpha value is -1.09. The van der Waals surface area contributed by atoms with Crippen LogP contribution < -0.4 is 4.74 Å². The van der Waals surface area contributed by atoms with Crippen LogP contribution in [0.4, 0.5) is 0 Å². The predicted molar refractivity (Wildman–Crippen MR) is 55.6 cm³/mol. The molecule has 14 heavy (non-hydrogen) atoms. The highest BCUT2D eigenvalue weighted by Gasteiger charge is 2.01. The number of ether oxygens (including phenoxy) is 2. The van der Waals surface area contributed by atoms with E-state index in [2.05, 4.69) is 4.98 Å². The molecule has 0 bridgehead atoms. The molecule has 0 aliphatic rings. The summed E-state index contributed by atoms with van der Waals surface area (Å²) in [6, 6.07) is 2.01. The van der Waals surface area contributed by atoms with Crippen LogP contribution >= 0.6 is 0 Å². The Labute approximate surface area is 85.1 Å². The molecule has 0 fully saturated rings. The van der Waals surface area contributed by atoms with Crippen molar-refractivity contribution in [3.05, 3.63) is 24.0 Å². The third kappa shape index (κ3) is 3.34. The summed E-state index contributed by atoms with van der Waals surface area (Å²) >= 11 is 0. The van der Waals surface area contributed by atoms with Crippen molar-refractivity contribution in [3.8, 4) is 5.75 Å². The molecule has 0 unspecified atom stereocenters. The lowest BCUT2D eigenvalue weighted by Crippen LogP contribution is -1.95. The minimum Gasteiger partial charge on any atom is -0.495 e. The third-order valence-corrected chi connectivity index (χ3v) is 2.13. The number of hydrogen-bond donors (Lipinski definition) is 0. The molecular weight excluding hydrogens is 178 g/mol. The number of aryl methyl sites for hydroxylation is 1. The van der Waals surface area contributed by atoms with Gasteiger partial charge in [0.25, 0.3) is 0 Å². The number of pyridine rings is 1. The van der Waals surface area contributed by atoms with E-state index in [1.54, 1.807) is 26.6 Å². The number of rotatable bonds is 6. The van der Waals surface area contributed by atoms with Crippen LogP contribution in [0.15, 0.2) is 18.5 Å². The van der Waals surface area contributed by atoms with Gasteiger partial charge < -0.3 is 9.47 Å². The first kappa shape index (κ1) is 11.0. The molecule has 0 atom stereocenters. The highest BCUT2D eigenvalue weighted by atomic mass is 16.5. The Morgan fingerprint density at radius 2 is 2.14 bits per heavy atom. The highest BCUT2D eigenvalue weighted by Crippen LogP contribution is 2.17. The molecule has 0 saturated carbocycles. The van der Waals surface area contributed by atoms with Crippen LogP contribution in [0.5, 0.6) is 5.75 Å². The Morgan fingerprint density at radius 3 is 2.86 bits per heavy atom. The second kappa shape index (κ2) is 6.38. The Kier molecular flexibility index (Phi) is 5.00. The minimum absolute atomic E-state index is 0.827. The maximum atomic E-state index is 5.21. The maximum Gasteiger partial charge on any atom is 0.140 e. The fourth-order valence-electron chi connectivity index (χ4n) is 1.36. The summed E-state index contributed by atoms with van der Waals surface area (Å²) in [5.74, 6) is 0.880. The van der Waals surface area contributed by atoms with Gasteiger partial charge in [-0.3, -0.25) is 4.98 Å². The number of unbranched alkanes of at least 4 members (excludes halogenated alkanes) is 1. The molecule has 0 aliphatic heterocycles. The van der Waals surface area contributed by atoms with Crippen molar-refractivity contribution in [1.29, 1.82) is 0 Å². The standard InChI is InChI=1S/C11H17NO2/c1-13-8-4-3-5-10-6-7-12-9-11(10)14-2/h6-7,9H,3-5,8H2,1-2H3. The van der Waals surface area contributed by atoms with Crippen LogP contribution in [-0.4, -0.2) is 25.8 Å². The van der Waals surface area contributed by atoms with Crippen molar-refractivity contribution in [1.82, 2.24) is 4.98 Å². The summed E-state index contributed by atoms with van der Waals surface area (Å²) < 4.78 is 10.2. The summed E-state index contributed by atoms with van der Waals surface area (Å²) in [4.78, 5) is 4.01. The van der Waals surface area contributed by atoms with Crippen LogP contribution in [0.25, 0.3) is 0 Å².